The molecular formula is C58H35N7. The largest absolute Gasteiger partial charge is 0.309 e. The first kappa shape index (κ1) is 36.5. The zero-order valence-corrected chi connectivity index (χ0v) is 34.8. The maximum atomic E-state index is 11.1. The van der Waals surface area contributed by atoms with E-state index in [1.165, 1.54) is 0 Å². The lowest BCUT2D eigenvalue weighted by atomic mass is 10.1. The van der Waals surface area contributed by atoms with E-state index in [9.17, 15) is 5.26 Å². The van der Waals surface area contributed by atoms with E-state index in [1.54, 1.807) is 0 Å². The first-order chi connectivity index (χ1) is 32.2. The van der Waals surface area contributed by atoms with Crippen molar-refractivity contribution in [1.29, 1.82) is 5.26 Å². The van der Waals surface area contributed by atoms with Gasteiger partial charge in [0.25, 0.3) is 0 Å². The van der Waals surface area contributed by atoms with E-state index in [4.69, 9.17) is 15.0 Å². The third-order valence-electron chi connectivity index (χ3n) is 12.7. The molecule has 302 valence electrons. The molecule has 0 atom stereocenters. The fourth-order valence-electron chi connectivity index (χ4n) is 9.89. The van der Waals surface area contributed by atoms with Gasteiger partial charge in [0, 0.05) is 60.4 Å². The van der Waals surface area contributed by atoms with Crippen LogP contribution in [-0.4, -0.2) is 28.7 Å². The lowest BCUT2D eigenvalue weighted by Gasteiger charge is -2.13. The first-order valence-corrected chi connectivity index (χ1v) is 21.7. The Kier molecular flexibility index (Phi) is 8.14. The van der Waals surface area contributed by atoms with E-state index in [0.717, 1.165) is 99.2 Å². The van der Waals surface area contributed by atoms with Crippen LogP contribution in [0.15, 0.2) is 212 Å². The fraction of sp³-hybridized carbons (Fsp3) is 0. The van der Waals surface area contributed by atoms with Gasteiger partial charge in [-0.25, -0.2) is 15.0 Å². The Morgan fingerprint density at radius 3 is 1.45 bits per heavy atom. The minimum atomic E-state index is 0.485. The molecule has 0 fully saturated rings. The SMILES string of the molecule is N#Cc1cc(-c2nc(-c3ccccc3)nc(-c3ccc4c(c3)c3ccccc3n4-c3ccccc3)n2)ccc1-n1c2ccccc2c2ccc3c(c4ccccc4n3-c3ccccc3)c21. The van der Waals surface area contributed by atoms with Crippen molar-refractivity contribution in [3.05, 3.63) is 218 Å². The van der Waals surface area contributed by atoms with Crippen LogP contribution in [0.25, 0.3) is 117 Å². The summed E-state index contributed by atoms with van der Waals surface area (Å²) in [6.45, 7) is 0. The molecule has 13 aromatic rings. The molecule has 9 aromatic carbocycles. The van der Waals surface area contributed by atoms with Crippen LogP contribution < -0.4 is 0 Å². The van der Waals surface area contributed by atoms with Crippen molar-refractivity contribution in [1.82, 2.24) is 28.7 Å². The van der Waals surface area contributed by atoms with Crippen LogP contribution in [0.2, 0.25) is 0 Å². The summed E-state index contributed by atoms with van der Waals surface area (Å²) in [4.78, 5) is 15.4. The number of rotatable bonds is 6. The van der Waals surface area contributed by atoms with Crippen LogP contribution in [0.1, 0.15) is 5.56 Å². The second-order valence-electron chi connectivity index (χ2n) is 16.3. The zero-order chi connectivity index (χ0) is 43.0. The molecule has 13 rings (SSSR count). The smallest absolute Gasteiger partial charge is 0.164 e. The number of hydrogen-bond donors (Lipinski definition) is 0. The highest BCUT2D eigenvalue weighted by molar-refractivity contribution is 6.26. The molecule has 0 N–H and O–H groups in total. The molecule has 0 aliphatic carbocycles. The van der Waals surface area contributed by atoms with E-state index in [2.05, 4.69) is 171 Å². The van der Waals surface area contributed by atoms with Crippen LogP contribution in [0, 0.1) is 11.3 Å². The highest BCUT2D eigenvalue weighted by atomic mass is 15.0. The summed E-state index contributed by atoms with van der Waals surface area (Å²) in [7, 11) is 0. The number of fused-ring (bicyclic) bond motifs is 10. The molecule has 0 saturated carbocycles. The predicted molar refractivity (Wildman–Crippen MR) is 264 cm³/mol. The Hall–Kier alpha value is -9.12. The summed E-state index contributed by atoms with van der Waals surface area (Å²) in [6, 6.07) is 76.0. The van der Waals surface area contributed by atoms with E-state index in [1.807, 2.05) is 60.7 Å². The monoisotopic (exact) mass is 829 g/mol. The maximum Gasteiger partial charge on any atom is 0.164 e. The molecule has 0 aliphatic heterocycles. The van der Waals surface area contributed by atoms with Crippen molar-refractivity contribution >= 4 is 65.4 Å². The van der Waals surface area contributed by atoms with Crippen molar-refractivity contribution in [2.45, 2.75) is 0 Å². The van der Waals surface area contributed by atoms with Gasteiger partial charge >= 0.3 is 0 Å². The van der Waals surface area contributed by atoms with Gasteiger partial charge in [0.1, 0.15) is 6.07 Å². The molecule has 0 aliphatic rings. The molecule has 7 heteroatoms. The van der Waals surface area contributed by atoms with Gasteiger partial charge in [0.15, 0.2) is 17.5 Å². The Morgan fingerprint density at radius 1 is 0.338 bits per heavy atom. The van der Waals surface area contributed by atoms with E-state index < -0.39 is 0 Å². The molecule has 0 unspecified atom stereocenters. The van der Waals surface area contributed by atoms with Gasteiger partial charge in [0.2, 0.25) is 0 Å². The highest BCUT2D eigenvalue weighted by Gasteiger charge is 2.23. The van der Waals surface area contributed by atoms with Crippen LogP contribution in [0.5, 0.6) is 0 Å². The molecular weight excluding hydrogens is 795 g/mol. The van der Waals surface area contributed by atoms with Crippen molar-refractivity contribution in [3.63, 3.8) is 0 Å². The van der Waals surface area contributed by atoms with Gasteiger partial charge in [-0.05, 0) is 84.9 Å². The normalized spacial score (nSPS) is 11.7. The lowest BCUT2D eigenvalue weighted by Crippen LogP contribution is -2.02. The average molecular weight is 830 g/mol. The first-order valence-electron chi connectivity index (χ1n) is 21.7. The number of hydrogen-bond acceptors (Lipinski definition) is 4. The summed E-state index contributed by atoms with van der Waals surface area (Å²) in [6.07, 6.45) is 0. The molecule has 4 aromatic heterocycles. The molecule has 0 bridgehead atoms. The Balaban J connectivity index is 1.02. The van der Waals surface area contributed by atoms with Gasteiger partial charge < -0.3 is 13.7 Å². The second kappa shape index (κ2) is 14.5. The molecule has 0 amide bonds. The summed E-state index contributed by atoms with van der Waals surface area (Å²) in [5.41, 5.74) is 12.5. The van der Waals surface area contributed by atoms with Crippen molar-refractivity contribution < 1.29 is 0 Å². The van der Waals surface area contributed by atoms with E-state index in [-0.39, 0.29) is 0 Å². The quantitative estimate of drug-likeness (QED) is 0.167. The third-order valence-corrected chi connectivity index (χ3v) is 12.7. The van der Waals surface area contributed by atoms with Gasteiger partial charge in [0.05, 0.1) is 44.4 Å². The summed E-state index contributed by atoms with van der Waals surface area (Å²) < 4.78 is 6.91. The molecule has 4 heterocycles. The second-order valence-corrected chi connectivity index (χ2v) is 16.3. The van der Waals surface area contributed by atoms with Gasteiger partial charge in [-0.15, -0.1) is 0 Å². The van der Waals surface area contributed by atoms with Crippen molar-refractivity contribution in [2.75, 3.05) is 0 Å². The topological polar surface area (TPSA) is 77.2 Å². The Morgan fingerprint density at radius 2 is 0.800 bits per heavy atom. The summed E-state index contributed by atoms with van der Waals surface area (Å²) in [5, 5.41) is 17.8. The molecule has 0 saturated heterocycles. The van der Waals surface area contributed by atoms with E-state index in [0.29, 0.717) is 23.0 Å². The lowest BCUT2D eigenvalue weighted by molar-refractivity contribution is 1.07. The van der Waals surface area contributed by atoms with Crippen LogP contribution >= 0.6 is 0 Å². The fourth-order valence-corrected chi connectivity index (χ4v) is 9.89. The number of para-hydroxylation sites is 5. The van der Waals surface area contributed by atoms with Crippen LogP contribution in [0.4, 0.5) is 0 Å². The van der Waals surface area contributed by atoms with Crippen molar-refractivity contribution in [3.8, 4) is 57.3 Å². The summed E-state index contributed by atoms with van der Waals surface area (Å²) >= 11 is 0. The predicted octanol–water partition coefficient (Wildman–Crippen LogP) is 14.0. The Labute approximate surface area is 373 Å². The minimum Gasteiger partial charge on any atom is -0.309 e. The number of nitrogens with zero attached hydrogens (tertiary/aromatic N) is 7. The van der Waals surface area contributed by atoms with Crippen molar-refractivity contribution in [2.24, 2.45) is 0 Å². The van der Waals surface area contributed by atoms with Crippen LogP contribution in [0.3, 0.4) is 0 Å². The van der Waals surface area contributed by atoms with Gasteiger partial charge in [-0.3, -0.25) is 0 Å². The third kappa shape index (κ3) is 5.64. The average Bonchev–Trinajstić information content (AvgIpc) is 4.02. The Bertz CT molecular complexity index is 4060. The van der Waals surface area contributed by atoms with Gasteiger partial charge in [-0.2, -0.15) is 5.26 Å². The maximum absolute atomic E-state index is 11.1. The van der Waals surface area contributed by atoms with E-state index >= 15 is 0 Å². The number of nitriles is 1. The number of benzene rings is 9. The molecule has 0 radical (unpaired) electrons. The summed E-state index contributed by atoms with van der Waals surface area (Å²) in [5.74, 6) is 1.59. The van der Waals surface area contributed by atoms with Crippen LogP contribution in [-0.2, 0) is 0 Å². The standard InChI is InChI=1S/C58H35N7/c59-36-40-34-38(28-31-48(40)65-50-26-14-10-22-43(50)45-30-33-53-54(55(45)65)46-24-12-15-27-51(46)64(53)42-20-8-3-9-21-42)57-60-56(37-16-4-1-5-17-37)61-58(62-57)39-29-32-52-47(35-39)44-23-11-13-25-49(44)63(52)41-18-6-2-7-19-41/h1-35H. The molecule has 0 spiro atoms. The molecule has 7 nitrogen and oxygen atoms in total. The zero-order valence-electron chi connectivity index (χ0n) is 34.8. The van der Waals surface area contributed by atoms with Gasteiger partial charge in [-0.1, -0.05) is 127 Å². The molecule has 65 heavy (non-hydrogen) atoms. The minimum absolute atomic E-state index is 0.485. The highest BCUT2D eigenvalue weighted by Crippen LogP contribution is 2.43. The number of aromatic nitrogens is 6.